The SMILES string of the molecule is CSC1CCC(N=NC(=O)NC(CC2CCCCC2)C(=O)NC(CCCN=C(N)N)C(=O)O)CC1. The number of nitrogens with zero attached hydrogens (tertiary/aromatic N) is 3. The third-order valence-electron chi connectivity index (χ3n) is 6.76. The van der Waals surface area contributed by atoms with Crippen LogP contribution >= 0.6 is 11.8 Å². The lowest BCUT2D eigenvalue weighted by Gasteiger charge is -2.27. The highest BCUT2D eigenvalue weighted by atomic mass is 32.2. The molecule has 0 saturated heterocycles. The number of urea groups is 1. The molecule has 2 saturated carbocycles. The number of nitrogens with one attached hydrogen (secondary N) is 2. The highest BCUT2D eigenvalue weighted by Crippen LogP contribution is 2.29. The van der Waals surface area contributed by atoms with E-state index in [-0.39, 0.29) is 25.0 Å². The summed E-state index contributed by atoms with van der Waals surface area (Å²) in [5.74, 6) is -1.44. The number of carbonyl (C=O) groups excluding carboxylic acids is 2. The van der Waals surface area contributed by atoms with Crippen molar-refractivity contribution in [2.45, 2.75) is 100 Å². The number of rotatable bonds is 12. The normalized spacial score (nSPS) is 22.8. The third-order valence-corrected chi connectivity index (χ3v) is 7.89. The van der Waals surface area contributed by atoms with Crippen LogP contribution in [0.15, 0.2) is 15.2 Å². The van der Waals surface area contributed by atoms with Crippen LogP contribution in [0.5, 0.6) is 0 Å². The average Bonchev–Trinajstić information content (AvgIpc) is 2.84. The van der Waals surface area contributed by atoms with Crippen molar-refractivity contribution in [3.05, 3.63) is 0 Å². The number of hydrogen-bond donors (Lipinski definition) is 5. The Balaban J connectivity index is 1.97. The molecular weight excluding hydrogens is 470 g/mol. The number of aliphatic imine (C=N–C) groups is 1. The lowest BCUT2D eigenvalue weighted by Crippen LogP contribution is -2.51. The van der Waals surface area contributed by atoms with Crippen molar-refractivity contribution >= 4 is 35.6 Å². The maximum atomic E-state index is 13.1. The predicted octanol–water partition coefficient (Wildman–Crippen LogP) is 2.78. The molecule has 2 atom stereocenters. The van der Waals surface area contributed by atoms with Crippen molar-refractivity contribution in [1.82, 2.24) is 10.6 Å². The van der Waals surface area contributed by atoms with Crippen LogP contribution in [0.2, 0.25) is 0 Å². The molecule has 0 aromatic rings. The Morgan fingerprint density at radius 3 is 2.29 bits per heavy atom. The molecule has 2 aliphatic rings. The molecule has 7 N–H and O–H groups in total. The number of carbonyl (C=O) groups is 3. The first-order chi connectivity index (χ1) is 16.8. The Hall–Kier alpha value is -2.37. The van der Waals surface area contributed by atoms with Gasteiger partial charge in [-0.05, 0) is 57.1 Å². The van der Waals surface area contributed by atoms with E-state index in [9.17, 15) is 19.5 Å². The number of guanidine groups is 1. The molecule has 0 aromatic carbocycles. The summed E-state index contributed by atoms with van der Waals surface area (Å²) in [7, 11) is 0. The number of carboxylic acids is 1. The van der Waals surface area contributed by atoms with Gasteiger partial charge in [0.25, 0.3) is 0 Å². The van der Waals surface area contributed by atoms with Crippen LogP contribution in [-0.4, -0.2) is 65.1 Å². The van der Waals surface area contributed by atoms with Gasteiger partial charge in [-0.3, -0.25) is 9.79 Å². The number of thioether (sulfide) groups is 1. The summed E-state index contributed by atoms with van der Waals surface area (Å²) >= 11 is 1.86. The summed E-state index contributed by atoms with van der Waals surface area (Å²) in [6, 6.07) is -2.60. The van der Waals surface area contributed by atoms with Gasteiger partial charge in [-0.25, -0.2) is 9.59 Å². The second-order valence-corrected chi connectivity index (χ2v) is 10.6. The summed E-state index contributed by atoms with van der Waals surface area (Å²) in [6.07, 6.45) is 12.3. The molecule has 11 nitrogen and oxygen atoms in total. The molecular formula is C23H41N7O4S. The first-order valence-corrected chi connectivity index (χ1v) is 13.9. The van der Waals surface area contributed by atoms with Gasteiger partial charge in [0, 0.05) is 11.8 Å². The van der Waals surface area contributed by atoms with E-state index in [1.807, 2.05) is 11.8 Å². The van der Waals surface area contributed by atoms with Crippen molar-refractivity contribution in [1.29, 1.82) is 0 Å². The molecule has 2 fully saturated rings. The van der Waals surface area contributed by atoms with Crippen molar-refractivity contribution in [2.24, 2.45) is 32.6 Å². The largest absolute Gasteiger partial charge is 0.480 e. The zero-order valence-electron chi connectivity index (χ0n) is 20.7. The molecule has 12 heteroatoms. The molecule has 0 aliphatic heterocycles. The molecule has 2 rings (SSSR count). The first kappa shape index (κ1) is 28.9. The van der Waals surface area contributed by atoms with Crippen molar-refractivity contribution in [2.75, 3.05) is 12.8 Å². The molecule has 3 amide bonds. The Bertz CT molecular complexity index is 746. The molecule has 0 radical (unpaired) electrons. The van der Waals surface area contributed by atoms with E-state index in [1.165, 1.54) is 6.42 Å². The number of nitrogens with two attached hydrogens (primary N) is 2. The number of carboxylic acid groups (broad SMARTS) is 1. The molecule has 198 valence electrons. The van der Waals surface area contributed by atoms with Gasteiger partial charge in [-0.1, -0.05) is 37.2 Å². The minimum absolute atomic E-state index is 0.0244. The van der Waals surface area contributed by atoms with Gasteiger partial charge in [-0.15, -0.1) is 0 Å². The Kier molecular flexibility index (Phi) is 12.9. The minimum Gasteiger partial charge on any atom is -0.480 e. The summed E-state index contributed by atoms with van der Waals surface area (Å²) in [5.41, 5.74) is 10.6. The van der Waals surface area contributed by atoms with Crippen LogP contribution in [0.3, 0.4) is 0 Å². The van der Waals surface area contributed by atoms with E-state index in [2.05, 4.69) is 32.1 Å². The van der Waals surface area contributed by atoms with E-state index < -0.39 is 30.0 Å². The van der Waals surface area contributed by atoms with E-state index in [4.69, 9.17) is 11.5 Å². The van der Waals surface area contributed by atoms with Crippen molar-refractivity contribution < 1.29 is 19.5 Å². The Morgan fingerprint density at radius 1 is 1.00 bits per heavy atom. The number of azo groups is 1. The van der Waals surface area contributed by atoms with Gasteiger partial charge in [0.15, 0.2) is 5.96 Å². The predicted molar refractivity (Wildman–Crippen MR) is 137 cm³/mol. The number of amides is 3. The topological polar surface area (TPSA) is 185 Å². The van der Waals surface area contributed by atoms with Gasteiger partial charge in [-0.2, -0.15) is 16.9 Å². The van der Waals surface area contributed by atoms with Gasteiger partial charge < -0.3 is 27.2 Å². The highest BCUT2D eigenvalue weighted by Gasteiger charge is 2.29. The monoisotopic (exact) mass is 511 g/mol. The smallest absolute Gasteiger partial charge is 0.359 e. The second kappa shape index (κ2) is 15.6. The Labute approximate surface area is 211 Å². The minimum atomic E-state index is -1.15. The summed E-state index contributed by atoms with van der Waals surface area (Å²) in [5, 5.41) is 23.5. The molecule has 2 aliphatic carbocycles. The van der Waals surface area contributed by atoms with Gasteiger partial charge in [0.2, 0.25) is 5.91 Å². The zero-order chi connectivity index (χ0) is 25.6. The van der Waals surface area contributed by atoms with Gasteiger partial charge in [0.1, 0.15) is 12.1 Å². The first-order valence-electron chi connectivity index (χ1n) is 12.6. The molecule has 0 aromatic heterocycles. The fourth-order valence-corrected chi connectivity index (χ4v) is 5.47. The molecule has 0 bridgehead atoms. The van der Waals surface area contributed by atoms with Gasteiger partial charge in [0.05, 0.1) is 6.04 Å². The van der Waals surface area contributed by atoms with E-state index in [1.54, 1.807) is 0 Å². The molecule has 35 heavy (non-hydrogen) atoms. The maximum Gasteiger partial charge on any atom is 0.359 e. The van der Waals surface area contributed by atoms with E-state index in [0.29, 0.717) is 24.0 Å². The summed E-state index contributed by atoms with van der Waals surface area (Å²) in [6.45, 7) is 0.267. The standard InChI is InChI=1S/C23H41N7O4S/c1-35-17-11-9-16(10-12-17)29-30-23(34)28-19(14-15-6-3-2-4-7-15)20(31)27-18(21(32)33)8-5-13-26-22(24)25/h15-19H,2-14H2,1H3,(H,27,31)(H,28,34)(H,32,33)(H4,24,25,26). The fourth-order valence-electron chi connectivity index (χ4n) is 4.73. The summed E-state index contributed by atoms with van der Waals surface area (Å²) < 4.78 is 0. The zero-order valence-corrected chi connectivity index (χ0v) is 21.5. The summed E-state index contributed by atoms with van der Waals surface area (Å²) in [4.78, 5) is 41.1. The maximum absolute atomic E-state index is 13.1. The van der Waals surface area contributed by atoms with Crippen LogP contribution in [0.25, 0.3) is 0 Å². The van der Waals surface area contributed by atoms with Crippen molar-refractivity contribution in [3.63, 3.8) is 0 Å². The molecule has 0 heterocycles. The number of aliphatic carboxylic acids is 1. The number of hydrogen-bond acceptors (Lipinski definition) is 6. The van der Waals surface area contributed by atoms with Gasteiger partial charge >= 0.3 is 12.0 Å². The van der Waals surface area contributed by atoms with Crippen LogP contribution in [-0.2, 0) is 9.59 Å². The highest BCUT2D eigenvalue weighted by molar-refractivity contribution is 7.99. The van der Waals surface area contributed by atoms with E-state index >= 15 is 0 Å². The molecule has 2 unspecified atom stereocenters. The van der Waals surface area contributed by atoms with E-state index in [0.717, 1.165) is 51.4 Å². The van der Waals surface area contributed by atoms with Crippen LogP contribution in [0.1, 0.15) is 77.0 Å². The Morgan fingerprint density at radius 2 is 1.69 bits per heavy atom. The fraction of sp³-hybridized carbons (Fsp3) is 0.826. The van der Waals surface area contributed by atoms with Crippen molar-refractivity contribution in [3.8, 4) is 0 Å². The third kappa shape index (κ3) is 11.3. The van der Waals surface area contributed by atoms with Crippen LogP contribution in [0.4, 0.5) is 4.79 Å². The second-order valence-electron chi connectivity index (χ2n) is 9.47. The van der Waals surface area contributed by atoms with Crippen LogP contribution in [0, 0.1) is 5.92 Å². The molecule has 0 spiro atoms. The lowest BCUT2D eigenvalue weighted by atomic mass is 9.84. The average molecular weight is 512 g/mol. The lowest BCUT2D eigenvalue weighted by molar-refractivity contribution is -0.142. The van der Waals surface area contributed by atoms with Crippen LogP contribution < -0.4 is 22.1 Å². The quantitative estimate of drug-likeness (QED) is 0.115.